The van der Waals surface area contributed by atoms with Crippen LogP contribution >= 0.6 is 11.6 Å². The number of β-amino-alcohol motifs (C(OH)–C–C–N with tert-alkyl or cyclic N) is 1. The van der Waals surface area contributed by atoms with E-state index in [4.69, 9.17) is 26.2 Å². The van der Waals surface area contributed by atoms with Gasteiger partial charge < -0.3 is 25.0 Å². The van der Waals surface area contributed by atoms with Crippen molar-refractivity contribution in [3.05, 3.63) is 58.4 Å². The summed E-state index contributed by atoms with van der Waals surface area (Å²) in [5.41, 5.74) is 0.654. The third-order valence-corrected chi connectivity index (χ3v) is 8.25. The second kappa shape index (κ2) is 11.8. The Kier molecular flexibility index (Phi) is 8.52. The van der Waals surface area contributed by atoms with Crippen LogP contribution in [0.2, 0.25) is 5.02 Å². The first-order valence-corrected chi connectivity index (χ1v) is 13.9. The van der Waals surface area contributed by atoms with Crippen molar-refractivity contribution in [1.82, 2.24) is 14.9 Å². The molecule has 1 spiro atoms. The van der Waals surface area contributed by atoms with Crippen LogP contribution in [0.15, 0.2) is 36.4 Å². The van der Waals surface area contributed by atoms with E-state index in [0.717, 1.165) is 30.6 Å². The molecular weight excluding hydrogens is 638 g/mol. The van der Waals surface area contributed by atoms with E-state index in [1.807, 2.05) is 12.1 Å². The number of rotatable bonds is 3. The highest BCUT2D eigenvalue weighted by molar-refractivity contribution is 6.30. The van der Waals surface area contributed by atoms with Gasteiger partial charge in [-0.1, -0.05) is 11.6 Å². The van der Waals surface area contributed by atoms with Crippen molar-refractivity contribution in [2.75, 3.05) is 31.1 Å². The summed E-state index contributed by atoms with van der Waals surface area (Å²) in [7, 11) is 0. The fraction of sp³-hybridized carbons (Fsp3) is 0.429. The van der Waals surface area contributed by atoms with Crippen LogP contribution in [0.5, 0.6) is 5.75 Å². The maximum Gasteiger partial charge on any atom is 0.490 e. The number of aliphatic carboxylic acids is 1. The van der Waals surface area contributed by atoms with E-state index in [2.05, 4.69) is 14.9 Å². The standard InChI is InChI=1S/C26H24ClF3N4O4.C2HF3O2/c27-16-2-4-21-15(9-16)11-25(38-21)5-7-33(8-6-25)19-12-34(13-20(19)35)22-17-10-14(23(36)37)1-3-18(17)31-24(32-22)26(28,29)30;3-2(4,5)1(6)7/h1-4,9-10,19-20,35H,5-8,11-13H2,(H,36,37);(H,6,7)/t19?,20-;/m1./s1. The minimum atomic E-state index is -5.08. The van der Waals surface area contributed by atoms with Crippen LogP contribution in [0, 0.1) is 0 Å². The molecule has 2 atom stereocenters. The maximum atomic E-state index is 13.6. The number of hydrogen-bond donors (Lipinski definition) is 3. The molecule has 10 nitrogen and oxygen atoms in total. The van der Waals surface area contributed by atoms with Crippen molar-refractivity contribution in [3.8, 4) is 5.75 Å². The number of likely N-dealkylation sites (tertiary alicyclic amines) is 1. The molecule has 1 aromatic heterocycles. The summed E-state index contributed by atoms with van der Waals surface area (Å²) in [4.78, 5) is 31.6. The van der Waals surface area contributed by atoms with Crippen molar-refractivity contribution in [2.24, 2.45) is 0 Å². The van der Waals surface area contributed by atoms with E-state index in [-0.39, 0.29) is 47.0 Å². The molecule has 0 radical (unpaired) electrons. The number of carboxylic acid groups (broad SMARTS) is 2. The molecule has 6 rings (SSSR count). The Bertz CT molecular complexity index is 1630. The van der Waals surface area contributed by atoms with Crippen molar-refractivity contribution in [1.29, 1.82) is 0 Å². The molecule has 3 aromatic rings. The number of aliphatic hydroxyl groups excluding tert-OH is 1. The molecule has 4 heterocycles. The van der Waals surface area contributed by atoms with Gasteiger partial charge in [0.15, 0.2) is 0 Å². The van der Waals surface area contributed by atoms with Crippen LogP contribution in [-0.4, -0.2) is 92.2 Å². The zero-order chi connectivity index (χ0) is 32.9. The van der Waals surface area contributed by atoms with E-state index in [0.29, 0.717) is 18.1 Å². The van der Waals surface area contributed by atoms with Crippen molar-refractivity contribution < 1.29 is 56.0 Å². The van der Waals surface area contributed by atoms with E-state index in [1.54, 1.807) is 11.0 Å². The van der Waals surface area contributed by atoms with Crippen molar-refractivity contribution in [3.63, 3.8) is 0 Å². The van der Waals surface area contributed by atoms with Crippen LogP contribution in [-0.2, 0) is 17.4 Å². The van der Waals surface area contributed by atoms with Gasteiger partial charge in [0.25, 0.3) is 0 Å². The number of halogens is 7. The van der Waals surface area contributed by atoms with Crippen molar-refractivity contribution >= 4 is 40.3 Å². The zero-order valence-electron chi connectivity index (χ0n) is 23.1. The van der Waals surface area contributed by atoms with Gasteiger partial charge >= 0.3 is 24.3 Å². The number of carboxylic acids is 2. The number of alkyl halides is 6. The quantitative estimate of drug-likeness (QED) is 0.340. The first-order chi connectivity index (χ1) is 21.0. The number of aliphatic hydroxyl groups is 1. The van der Waals surface area contributed by atoms with E-state index in [1.165, 1.54) is 18.2 Å². The SMILES string of the molecule is O=C(O)C(F)(F)F.O=C(O)c1ccc2nc(C(F)(F)F)nc(N3CC(N4CCC5(CC4)Cc4cc(Cl)ccc4O5)[C@H](O)C3)c2c1. The molecule has 2 fully saturated rings. The summed E-state index contributed by atoms with van der Waals surface area (Å²) in [6.07, 6.45) is -8.46. The number of nitrogens with zero attached hydrogens (tertiary/aromatic N) is 4. The largest absolute Gasteiger partial charge is 0.490 e. The average molecular weight is 663 g/mol. The Hall–Kier alpha value is -3.89. The van der Waals surface area contributed by atoms with Gasteiger partial charge in [-0.3, -0.25) is 4.90 Å². The van der Waals surface area contributed by atoms with Crippen LogP contribution in [0.3, 0.4) is 0 Å². The normalized spacial score (nSPS) is 21.3. The van der Waals surface area contributed by atoms with Gasteiger partial charge in [-0.15, -0.1) is 0 Å². The number of hydrogen-bond acceptors (Lipinski definition) is 8. The van der Waals surface area contributed by atoms with Crippen molar-refractivity contribution in [2.45, 2.75) is 49.4 Å². The molecule has 3 aliphatic heterocycles. The van der Waals surface area contributed by atoms with Crippen LogP contribution in [0.1, 0.15) is 34.6 Å². The lowest BCUT2D eigenvalue weighted by Crippen LogP contribution is -2.53. The Morgan fingerprint density at radius 1 is 0.978 bits per heavy atom. The highest BCUT2D eigenvalue weighted by Gasteiger charge is 2.46. The number of fused-ring (bicyclic) bond motifs is 2. The molecule has 1 unspecified atom stereocenters. The second-order valence-corrected chi connectivity index (χ2v) is 11.4. The number of piperidine rings is 1. The third-order valence-electron chi connectivity index (χ3n) is 8.02. The van der Waals surface area contributed by atoms with Crippen LogP contribution in [0.4, 0.5) is 32.2 Å². The molecule has 0 saturated carbocycles. The number of ether oxygens (including phenoxy) is 1. The lowest BCUT2D eigenvalue weighted by molar-refractivity contribution is -0.192. The number of aromatic carboxylic acids is 1. The molecule has 2 aromatic carbocycles. The van der Waals surface area contributed by atoms with Gasteiger partial charge in [-0.25, -0.2) is 19.6 Å². The summed E-state index contributed by atoms with van der Waals surface area (Å²) in [6.45, 7) is 1.61. The highest BCUT2D eigenvalue weighted by Crippen LogP contribution is 2.43. The zero-order valence-corrected chi connectivity index (χ0v) is 23.8. The third kappa shape index (κ3) is 6.87. The predicted molar refractivity (Wildman–Crippen MR) is 147 cm³/mol. The Morgan fingerprint density at radius 2 is 1.64 bits per heavy atom. The van der Waals surface area contributed by atoms with E-state index < -0.39 is 36.2 Å². The molecule has 45 heavy (non-hydrogen) atoms. The molecule has 0 bridgehead atoms. The first-order valence-electron chi connectivity index (χ1n) is 13.5. The summed E-state index contributed by atoms with van der Waals surface area (Å²) >= 11 is 6.14. The lowest BCUT2D eigenvalue weighted by atomic mass is 9.86. The molecule has 3 N–H and O–H groups in total. The number of aromatic nitrogens is 2. The average Bonchev–Trinajstić information content (AvgIpc) is 3.51. The second-order valence-electron chi connectivity index (χ2n) is 11.0. The minimum Gasteiger partial charge on any atom is -0.487 e. The van der Waals surface area contributed by atoms with E-state index in [9.17, 15) is 41.4 Å². The number of anilines is 1. The number of benzene rings is 2. The molecule has 3 aliphatic rings. The highest BCUT2D eigenvalue weighted by atomic mass is 35.5. The molecular formula is C28H25ClF6N4O6. The monoisotopic (exact) mass is 662 g/mol. The Labute approximate surface area is 255 Å². The maximum absolute atomic E-state index is 13.6. The minimum absolute atomic E-state index is 0.0109. The topological polar surface area (TPSA) is 136 Å². The molecule has 2 saturated heterocycles. The van der Waals surface area contributed by atoms with Gasteiger partial charge in [0.05, 0.1) is 23.2 Å². The summed E-state index contributed by atoms with van der Waals surface area (Å²) in [5.74, 6) is -4.47. The van der Waals surface area contributed by atoms with E-state index >= 15 is 0 Å². The summed E-state index contributed by atoms with van der Waals surface area (Å²) in [6, 6.07) is 9.02. The Morgan fingerprint density at radius 3 is 2.24 bits per heavy atom. The van der Waals surface area contributed by atoms with Crippen LogP contribution in [0.25, 0.3) is 10.9 Å². The molecule has 0 amide bonds. The smallest absolute Gasteiger partial charge is 0.487 e. The van der Waals surface area contributed by atoms with Gasteiger partial charge in [-0.2, -0.15) is 26.3 Å². The van der Waals surface area contributed by atoms with Gasteiger partial charge in [-0.05, 0) is 42.0 Å². The fourth-order valence-corrected chi connectivity index (χ4v) is 6.05. The molecule has 0 aliphatic carbocycles. The van der Waals surface area contributed by atoms with Gasteiger partial charge in [0, 0.05) is 55.9 Å². The number of carbonyl (C=O) groups is 2. The first kappa shape index (κ1) is 32.5. The predicted octanol–water partition coefficient (Wildman–Crippen LogP) is 4.65. The van der Waals surface area contributed by atoms with Gasteiger partial charge in [0.2, 0.25) is 5.82 Å². The molecule has 17 heteroatoms. The lowest BCUT2D eigenvalue weighted by Gasteiger charge is -2.41. The summed E-state index contributed by atoms with van der Waals surface area (Å²) in [5, 5.41) is 28.3. The van der Waals surface area contributed by atoms with Gasteiger partial charge in [0.1, 0.15) is 17.2 Å². The van der Waals surface area contributed by atoms with Crippen LogP contribution < -0.4 is 9.64 Å². The Balaban J connectivity index is 0.000000515. The molecule has 242 valence electrons. The summed E-state index contributed by atoms with van der Waals surface area (Å²) < 4.78 is 78.8. The fourth-order valence-electron chi connectivity index (χ4n) is 5.86.